The Morgan fingerprint density at radius 2 is 2.10 bits per heavy atom. The van der Waals surface area contributed by atoms with Crippen LogP contribution in [-0.2, 0) is 19.9 Å². The zero-order valence-electron chi connectivity index (χ0n) is 12.0. The molecule has 20 heavy (non-hydrogen) atoms. The smallest absolute Gasteiger partial charge is 0.127 e. The van der Waals surface area contributed by atoms with Crippen molar-refractivity contribution in [1.82, 2.24) is 15.1 Å². The van der Waals surface area contributed by atoms with Crippen molar-refractivity contribution in [2.45, 2.75) is 25.8 Å². The number of nitrogens with zero attached hydrogens (tertiary/aromatic N) is 2. The zero-order chi connectivity index (χ0) is 14.7. The minimum Gasteiger partial charge on any atom is -0.313 e. The Kier molecular flexibility index (Phi) is 4.94. The molecule has 0 bridgehead atoms. The average Bonchev–Trinajstić information content (AvgIpc) is 2.72. The highest BCUT2D eigenvalue weighted by molar-refractivity contribution is 9.10. The maximum Gasteiger partial charge on any atom is 0.127 e. The Labute approximate surface area is 127 Å². The number of benzene rings is 1. The molecule has 0 aliphatic carbocycles. The molecular formula is C15H19BrFN3. The van der Waals surface area contributed by atoms with E-state index in [1.807, 2.05) is 30.9 Å². The van der Waals surface area contributed by atoms with Gasteiger partial charge in [0.05, 0.1) is 15.9 Å². The molecule has 1 aromatic carbocycles. The Bertz CT molecular complexity index is 595. The molecule has 0 radical (unpaired) electrons. The number of likely N-dealkylation sites (N-methyl/N-ethyl adjacent to an activating group) is 1. The van der Waals surface area contributed by atoms with Crippen LogP contribution < -0.4 is 5.32 Å². The summed E-state index contributed by atoms with van der Waals surface area (Å²) >= 11 is 3.61. The van der Waals surface area contributed by atoms with E-state index < -0.39 is 0 Å². The molecule has 1 aromatic heterocycles. The Morgan fingerprint density at radius 3 is 2.65 bits per heavy atom. The second-order valence-electron chi connectivity index (χ2n) is 4.75. The van der Waals surface area contributed by atoms with Gasteiger partial charge in [0.2, 0.25) is 0 Å². The molecule has 1 atom stereocenters. The topological polar surface area (TPSA) is 29.9 Å². The van der Waals surface area contributed by atoms with E-state index in [1.54, 1.807) is 6.07 Å². The summed E-state index contributed by atoms with van der Waals surface area (Å²) in [7, 11) is 3.77. The van der Waals surface area contributed by atoms with Crippen LogP contribution in [-0.4, -0.2) is 16.8 Å². The van der Waals surface area contributed by atoms with E-state index in [1.165, 1.54) is 6.07 Å². The molecule has 1 heterocycles. The van der Waals surface area contributed by atoms with Gasteiger partial charge in [-0.25, -0.2) is 4.39 Å². The molecule has 0 amide bonds. The summed E-state index contributed by atoms with van der Waals surface area (Å²) in [6, 6.07) is 6.81. The maximum atomic E-state index is 13.9. The van der Waals surface area contributed by atoms with Gasteiger partial charge in [0.1, 0.15) is 5.82 Å². The van der Waals surface area contributed by atoms with Crippen molar-refractivity contribution in [3.8, 4) is 0 Å². The quantitative estimate of drug-likeness (QED) is 0.904. The molecule has 0 saturated heterocycles. The van der Waals surface area contributed by atoms with Gasteiger partial charge in [-0.2, -0.15) is 5.10 Å². The molecule has 0 spiro atoms. The van der Waals surface area contributed by atoms with Crippen molar-refractivity contribution < 1.29 is 4.39 Å². The molecule has 2 aromatic rings. The summed E-state index contributed by atoms with van der Waals surface area (Å²) in [6.45, 7) is 2.07. The van der Waals surface area contributed by atoms with Crippen LogP contribution in [0, 0.1) is 5.82 Å². The molecule has 5 heteroatoms. The van der Waals surface area contributed by atoms with Crippen molar-refractivity contribution >= 4 is 15.9 Å². The van der Waals surface area contributed by atoms with Crippen LogP contribution in [0.15, 0.2) is 28.7 Å². The van der Waals surface area contributed by atoms with Gasteiger partial charge in [0.25, 0.3) is 0 Å². The van der Waals surface area contributed by atoms with Gasteiger partial charge in [-0.3, -0.25) is 4.68 Å². The van der Waals surface area contributed by atoms with Crippen molar-refractivity contribution in [2.75, 3.05) is 7.05 Å². The lowest BCUT2D eigenvalue weighted by molar-refractivity contribution is 0.519. The van der Waals surface area contributed by atoms with E-state index >= 15 is 0 Å². The zero-order valence-corrected chi connectivity index (χ0v) is 13.5. The normalized spacial score (nSPS) is 12.7. The fourth-order valence-electron chi connectivity index (χ4n) is 2.36. The van der Waals surface area contributed by atoms with Crippen LogP contribution >= 0.6 is 15.9 Å². The fourth-order valence-corrected chi connectivity index (χ4v) is 3.14. The summed E-state index contributed by atoms with van der Waals surface area (Å²) < 4.78 is 16.8. The Hall–Kier alpha value is -1.20. The van der Waals surface area contributed by atoms with Crippen molar-refractivity contribution in [3.63, 3.8) is 0 Å². The summed E-state index contributed by atoms with van der Waals surface area (Å²) in [5, 5.41) is 7.67. The molecule has 1 unspecified atom stereocenters. The molecule has 0 aliphatic heterocycles. The van der Waals surface area contributed by atoms with Gasteiger partial charge in [0, 0.05) is 25.1 Å². The third-order valence-electron chi connectivity index (χ3n) is 3.53. The Morgan fingerprint density at radius 1 is 1.40 bits per heavy atom. The second-order valence-corrected chi connectivity index (χ2v) is 5.54. The van der Waals surface area contributed by atoms with Crippen molar-refractivity contribution in [3.05, 3.63) is 51.5 Å². The van der Waals surface area contributed by atoms with Crippen LogP contribution in [0.25, 0.3) is 0 Å². The first-order valence-corrected chi connectivity index (χ1v) is 7.49. The molecule has 0 fully saturated rings. The molecule has 2 rings (SSSR count). The molecular weight excluding hydrogens is 321 g/mol. The number of hydrogen-bond acceptors (Lipinski definition) is 2. The van der Waals surface area contributed by atoms with Gasteiger partial charge in [-0.15, -0.1) is 0 Å². The summed E-state index contributed by atoms with van der Waals surface area (Å²) in [5.41, 5.74) is 2.79. The maximum absolute atomic E-state index is 13.9. The summed E-state index contributed by atoms with van der Waals surface area (Å²) in [5.74, 6) is -0.180. The first kappa shape index (κ1) is 15.2. The van der Waals surface area contributed by atoms with E-state index in [0.29, 0.717) is 12.0 Å². The first-order valence-electron chi connectivity index (χ1n) is 6.70. The lowest BCUT2D eigenvalue weighted by Crippen LogP contribution is -2.21. The highest BCUT2D eigenvalue weighted by Gasteiger charge is 2.19. The van der Waals surface area contributed by atoms with E-state index in [-0.39, 0.29) is 11.9 Å². The number of aryl methyl sites for hydroxylation is 2. The highest BCUT2D eigenvalue weighted by Crippen LogP contribution is 2.27. The van der Waals surface area contributed by atoms with E-state index in [9.17, 15) is 4.39 Å². The monoisotopic (exact) mass is 339 g/mol. The summed E-state index contributed by atoms with van der Waals surface area (Å²) in [4.78, 5) is 0. The molecule has 3 nitrogen and oxygen atoms in total. The van der Waals surface area contributed by atoms with Crippen LogP contribution in [0.1, 0.15) is 29.9 Å². The van der Waals surface area contributed by atoms with Gasteiger partial charge >= 0.3 is 0 Å². The lowest BCUT2D eigenvalue weighted by atomic mass is 10.0. The Balaban J connectivity index is 2.32. The van der Waals surface area contributed by atoms with Crippen LogP contribution in [0.2, 0.25) is 0 Å². The third kappa shape index (κ3) is 2.94. The van der Waals surface area contributed by atoms with Crippen LogP contribution in [0.3, 0.4) is 0 Å². The molecule has 0 saturated carbocycles. The number of rotatable bonds is 5. The van der Waals surface area contributed by atoms with Crippen molar-refractivity contribution in [2.24, 2.45) is 7.05 Å². The van der Waals surface area contributed by atoms with Gasteiger partial charge < -0.3 is 5.32 Å². The number of halogens is 2. The molecule has 108 valence electrons. The van der Waals surface area contributed by atoms with E-state index in [0.717, 1.165) is 22.3 Å². The minimum absolute atomic E-state index is 0.0763. The second kappa shape index (κ2) is 6.50. The predicted molar refractivity (Wildman–Crippen MR) is 82.2 cm³/mol. The largest absolute Gasteiger partial charge is 0.313 e. The van der Waals surface area contributed by atoms with Crippen molar-refractivity contribution in [1.29, 1.82) is 0 Å². The van der Waals surface area contributed by atoms with Gasteiger partial charge in [-0.1, -0.05) is 25.1 Å². The van der Waals surface area contributed by atoms with Crippen LogP contribution in [0.5, 0.6) is 0 Å². The fraction of sp³-hybridized carbons (Fsp3) is 0.400. The van der Waals surface area contributed by atoms with E-state index in [2.05, 4.69) is 33.3 Å². The number of aromatic nitrogens is 2. The average molecular weight is 340 g/mol. The van der Waals surface area contributed by atoms with Crippen LogP contribution in [0.4, 0.5) is 4.39 Å². The summed E-state index contributed by atoms with van der Waals surface area (Å²) in [6.07, 6.45) is 1.56. The standard InChI is InChI=1S/C15H19BrFN3/c1-4-12-15(16)14(20(3)19-12)9-13(18-2)10-7-5-6-8-11(10)17/h5-8,13,18H,4,9H2,1-3H3. The molecule has 0 aliphatic rings. The van der Waals surface area contributed by atoms with E-state index in [4.69, 9.17) is 0 Å². The molecule has 1 N–H and O–H groups in total. The predicted octanol–water partition coefficient (Wildman–Crippen LogP) is 3.39. The SMILES string of the molecule is CCc1nn(C)c(CC(NC)c2ccccc2F)c1Br. The third-order valence-corrected chi connectivity index (χ3v) is 4.44. The first-order chi connectivity index (χ1) is 9.58. The van der Waals surface area contributed by atoms with Gasteiger partial charge in [0.15, 0.2) is 0 Å². The lowest BCUT2D eigenvalue weighted by Gasteiger charge is -2.17. The number of hydrogen-bond donors (Lipinski definition) is 1. The van der Waals surface area contributed by atoms with Gasteiger partial charge in [-0.05, 0) is 35.5 Å². The number of nitrogens with one attached hydrogen (secondary N) is 1. The minimum atomic E-state index is -0.180. The highest BCUT2D eigenvalue weighted by atomic mass is 79.9.